The molecule has 1 amide bonds. The molecule has 21 heavy (non-hydrogen) atoms. The Morgan fingerprint density at radius 2 is 2.00 bits per heavy atom. The van der Waals surface area contributed by atoms with Gasteiger partial charge in [-0.05, 0) is 24.3 Å². The summed E-state index contributed by atoms with van der Waals surface area (Å²) in [7, 11) is 0. The molecule has 0 aliphatic heterocycles. The maximum atomic E-state index is 11.3. The van der Waals surface area contributed by atoms with Crippen LogP contribution in [-0.4, -0.2) is 34.4 Å². The Kier molecular flexibility index (Phi) is 5.18. The molecular formula is C12H10ClN3O4S. The van der Waals surface area contributed by atoms with Crippen LogP contribution < -0.4 is 5.73 Å². The number of benzene rings is 1. The largest absolute Gasteiger partial charge is 0.455 e. The third-order valence-corrected chi connectivity index (χ3v) is 3.23. The van der Waals surface area contributed by atoms with Gasteiger partial charge in [-0.25, -0.2) is 0 Å². The van der Waals surface area contributed by atoms with E-state index in [-0.39, 0.29) is 11.0 Å². The van der Waals surface area contributed by atoms with Crippen LogP contribution in [0.4, 0.5) is 0 Å². The molecule has 2 aromatic rings. The summed E-state index contributed by atoms with van der Waals surface area (Å²) >= 11 is 6.79. The van der Waals surface area contributed by atoms with E-state index in [2.05, 4.69) is 14.9 Å². The van der Waals surface area contributed by atoms with E-state index in [1.807, 2.05) is 0 Å². The van der Waals surface area contributed by atoms with E-state index in [9.17, 15) is 9.59 Å². The van der Waals surface area contributed by atoms with Gasteiger partial charge in [0.2, 0.25) is 5.89 Å². The number of nitrogens with two attached hydrogens (primary N) is 1. The number of ether oxygens (including phenoxy) is 1. The van der Waals surface area contributed by atoms with E-state index in [4.69, 9.17) is 21.8 Å². The number of carbonyl (C=O) groups excluding carboxylic acids is 2. The van der Waals surface area contributed by atoms with E-state index in [1.165, 1.54) is 0 Å². The van der Waals surface area contributed by atoms with Gasteiger partial charge in [-0.2, -0.15) is 0 Å². The summed E-state index contributed by atoms with van der Waals surface area (Å²) in [4.78, 5) is 21.7. The lowest BCUT2D eigenvalue weighted by Crippen LogP contribution is -2.21. The summed E-state index contributed by atoms with van der Waals surface area (Å²) in [6, 6.07) is 6.89. The van der Waals surface area contributed by atoms with Crippen LogP contribution in [0.1, 0.15) is 0 Å². The fourth-order valence-corrected chi connectivity index (χ4v) is 1.98. The predicted molar refractivity (Wildman–Crippen MR) is 75.6 cm³/mol. The Morgan fingerprint density at radius 1 is 1.29 bits per heavy atom. The zero-order chi connectivity index (χ0) is 15.2. The number of esters is 1. The molecule has 2 N–H and O–H groups in total. The number of thioether (sulfide) groups is 1. The van der Waals surface area contributed by atoms with Crippen LogP contribution in [-0.2, 0) is 14.3 Å². The lowest BCUT2D eigenvalue weighted by atomic mass is 10.2. The number of halogens is 1. The smallest absolute Gasteiger partial charge is 0.316 e. The Balaban J connectivity index is 1.90. The molecule has 110 valence electrons. The average Bonchev–Trinajstić information content (AvgIpc) is 2.92. The van der Waals surface area contributed by atoms with Gasteiger partial charge in [0, 0.05) is 10.6 Å². The predicted octanol–water partition coefficient (Wildman–Crippen LogP) is 1.51. The first-order valence-corrected chi connectivity index (χ1v) is 7.07. The molecule has 9 heteroatoms. The molecule has 0 fully saturated rings. The standard InChI is InChI=1S/C12H10ClN3O4S/c13-8-3-1-7(2-4-8)11-15-16-12(20-11)21-6-10(18)19-5-9(14)17/h1-4H,5-6H2,(H2,14,17). The van der Waals surface area contributed by atoms with Crippen LogP contribution in [0.2, 0.25) is 5.02 Å². The third kappa shape index (κ3) is 4.76. The van der Waals surface area contributed by atoms with Crippen LogP contribution in [0, 0.1) is 0 Å². The zero-order valence-corrected chi connectivity index (χ0v) is 12.2. The summed E-state index contributed by atoms with van der Waals surface area (Å²) in [5.74, 6) is -1.05. The van der Waals surface area contributed by atoms with Crippen molar-refractivity contribution in [3.05, 3.63) is 29.3 Å². The number of hydrogen-bond donors (Lipinski definition) is 1. The second-order valence-corrected chi connectivity index (χ2v) is 5.16. The molecule has 0 aliphatic carbocycles. The number of aromatic nitrogens is 2. The number of nitrogens with zero attached hydrogens (tertiary/aromatic N) is 2. The highest BCUT2D eigenvalue weighted by Crippen LogP contribution is 2.24. The monoisotopic (exact) mass is 327 g/mol. The van der Waals surface area contributed by atoms with Gasteiger partial charge in [0.15, 0.2) is 6.61 Å². The first-order chi connectivity index (χ1) is 10.0. The molecule has 1 aromatic carbocycles. The molecule has 0 bridgehead atoms. The van der Waals surface area contributed by atoms with Crippen molar-refractivity contribution in [2.75, 3.05) is 12.4 Å². The minimum absolute atomic E-state index is 0.0600. The molecule has 0 radical (unpaired) electrons. The van der Waals surface area contributed by atoms with Crippen LogP contribution >= 0.6 is 23.4 Å². The molecular weight excluding hydrogens is 318 g/mol. The van der Waals surface area contributed by atoms with E-state index in [0.29, 0.717) is 10.9 Å². The number of carbonyl (C=O) groups is 2. The van der Waals surface area contributed by atoms with Crippen molar-refractivity contribution in [2.45, 2.75) is 5.22 Å². The molecule has 0 saturated carbocycles. The molecule has 0 aliphatic rings. The molecule has 0 spiro atoms. The molecule has 1 heterocycles. The molecule has 0 saturated heterocycles. The van der Waals surface area contributed by atoms with Gasteiger partial charge >= 0.3 is 5.97 Å². The highest BCUT2D eigenvalue weighted by Gasteiger charge is 2.12. The lowest BCUT2D eigenvalue weighted by molar-refractivity contribution is -0.145. The van der Waals surface area contributed by atoms with E-state index in [0.717, 1.165) is 17.3 Å². The highest BCUT2D eigenvalue weighted by atomic mass is 35.5. The fraction of sp³-hybridized carbons (Fsp3) is 0.167. The number of amides is 1. The van der Waals surface area contributed by atoms with E-state index in [1.54, 1.807) is 24.3 Å². The van der Waals surface area contributed by atoms with Gasteiger partial charge in [-0.15, -0.1) is 10.2 Å². The third-order valence-electron chi connectivity index (χ3n) is 2.19. The van der Waals surface area contributed by atoms with E-state index < -0.39 is 18.5 Å². The molecule has 0 atom stereocenters. The van der Waals surface area contributed by atoms with Gasteiger partial charge in [0.25, 0.3) is 11.1 Å². The molecule has 7 nitrogen and oxygen atoms in total. The van der Waals surface area contributed by atoms with Gasteiger partial charge in [0.05, 0.1) is 0 Å². The number of hydrogen-bond acceptors (Lipinski definition) is 7. The van der Waals surface area contributed by atoms with Crippen molar-refractivity contribution < 1.29 is 18.7 Å². The van der Waals surface area contributed by atoms with Crippen LogP contribution in [0.3, 0.4) is 0 Å². The Bertz CT molecular complexity index is 644. The zero-order valence-electron chi connectivity index (χ0n) is 10.6. The highest BCUT2D eigenvalue weighted by molar-refractivity contribution is 7.99. The van der Waals surface area contributed by atoms with Crippen LogP contribution in [0.25, 0.3) is 11.5 Å². The van der Waals surface area contributed by atoms with Crippen molar-refractivity contribution in [3.63, 3.8) is 0 Å². The van der Waals surface area contributed by atoms with Crippen LogP contribution in [0.15, 0.2) is 33.9 Å². The Morgan fingerprint density at radius 3 is 2.67 bits per heavy atom. The van der Waals surface area contributed by atoms with Gasteiger partial charge in [-0.3, -0.25) is 9.59 Å². The van der Waals surface area contributed by atoms with Crippen molar-refractivity contribution in [1.82, 2.24) is 10.2 Å². The van der Waals surface area contributed by atoms with E-state index >= 15 is 0 Å². The first kappa shape index (κ1) is 15.3. The van der Waals surface area contributed by atoms with Crippen molar-refractivity contribution in [3.8, 4) is 11.5 Å². The van der Waals surface area contributed by atoms with Crippen molar-refractivity contribution in [1.29, 1.82) is 0 Å². The summed E-state index contributed by atoms with van der Waals surface area (Å²) < 4.78 is 9.97. The number of rotatable bonds is 6. The fourth-order valence-electron chi connectivity index (χ4n) is 1.29. The Hall–Kier alpha value is -2.06. The summed E-state index contributed by atoms with van der Waals surface area (Å²) in [5, 5.41) is 8.48. The molecule has 2 rings (SSSR count). The van der Waals surface area contributed by atoms with Gasteiger partial charge < -0.3 is 14.9 Å². The summed E-state index contributed by atoms with van der Waals surface area (Å²) in [6.45, 7) is -0.445. The summed E-state index contributed by atoms with van der Waals surface area (Å²) in [6.07, 6.45) is 0. The quantitative estimate of drug-likeness (QED) is 0.632. The molecule has 1 aromatic heterocycles. The first-order valence-electron chi connectivity index (χ1n) is 5.71. The normalized spacial score (nSPS) is 10.3. The van der Waals surface area contributed by atoms with Crippen molar-refractivity contribution in [2.24, 2.45) is 5.73 Å². The molecule has 0 unspecified atom stereocenters. The minimum atomic E-state index is -0.712. The lowest BCUT2D eigenvalue weighted by Gasteiger charge is -1.99. The number of primary amides is 1. The van der Waals surface area contributed by atoms with Gasteiger partial charge in [0.1, 0.15) is 5.75 Å². The SMILES string of the molecule is NC(=O)COC(=O)CSc1nnc(-c2ccc(Cl)cc2)o1. The minimum Gasteiger partial charge on any atom is -0.455 e. The second-order valence-electron chi connectivity index (χ2n) is 3.80. The second kappa shape index (κ2) is 7.09. The van der Waals surface area contributed by atoms with Crippen LogP contribution in [0.5, 0.6) is 0 Å². The topological polar surface area (TPSA) is 108 Å². The maximum Gasteiger partial charge on any atom is 0.316 e. The van der Waals surface area contributed by atoms with Crippen molar-refractivity contribution >= 4 is 35.2 Å². The maximum absolute atomic E-state index is 11.3. The van der Waals surface area contributed by atoms with Gasteiger partial charge in [-0.1, -0.05) is 23.4 Å². The summed E-state index contributed by atoms with van der Waals surface area (Å²) in [5.41, 5.74) is 5.57. The average molecular weight is 328 g/mol. The Labute approximate surface area is 128 Å².